The van der Waals surface area contributed by atoms with Crippen molar-refractivity contribution < 1.29 is 0 Å². The van der Waals surface area contributed by atoms with Gasteiger partial charge in [-0.15, -0.1) is 0 Å². The van der Waals surface area contributed by atoms with Crippen LogP contribution in [0.5, 0.6) is 0 Å². The normalized spacial score (nSPS) is 11.2. The average Bonchev–Trinajstić information content (AvgIpc) is 3.85. The lowest BCUT2D eigenvalue weighted by molar-refractivity contribution is 0.920. The number of pyridine rings is 1. The van der Waals surface area contributed by atoms with Crippen LogP contribution in [0.1, 0.15) is 27.8 Å². The van der Waals surface area contributed by atoms with E-state index in [0.29, 0.717) is 5.56 Å². The summed E-state index contributed by atoms with van der Waals surface area (Å²) < 4.78 is 4.10. The zero-order valence-electron chi connectivity index (χ0n) is 31.0. The van der Waals surface area contributed by atoms with Gasteiger partial charge in [0.1, 0.15) is 11.6 Å². The molecule has 0 saturated carbocycles. The maximum absolute atomic E-state index is 12.3. The first-order valence-electron chi connectivity index (χ1n) is 18.5. The lowest BCUT2D eigenvalue weighted by Gasteiger charge is -2.15. The highest BCUT2D eigenvalue weighted by Gasteiger charge is 2.12. The van der Waals surface area contributed by atoms with Crippen LogP contribution in [0.25, 0.3) is 56.3 Å². The Balaban J connectivity index is 1.08. The molecule has 0 atom stereocenters. The minimum Gasteiger partial charge on any atom is -0.361 e. The highest BCUT2D eigenvalue weighted by atomic mass is 16.1. The fourth-order valence-electron chi connectivity index (χ4n) is 7.24. The second kappa shape index (κ2) is 15.2. The molecule has 6 heteroatoms. The van der Waals surface area contributed by atoms with Crippen molar-refractivity contribution >= 4 is 0 Å². The number of hydrogen-bond donors (Lipinski definition) is 1. The van der Waals surface area contributed by atoms with Crippen molar-refractivity contribution in [3.8, 4) is 56.3 Å². The summed E-state index contributed by atoms with van der Waals surface area (Å²) in [5.41, 5.74) is 14.8. The number of nitrogens with one attached hydrogen (secondary N) is 1. The highest BCUT2D eigenvalue weighted by molar-refractivity contribution is 5.84. The van der Waals surface area contributed by atoms with Crippen molar-refractivity contribution in [3.63, 3.8) is 0 Å². The number of nitrogens with zero attached hydrogens (tertiary/aromatic N) is 4. The van der Waals surface area contributed by atoms with E-state index >= 15 is 0 Å². The predicted octanol–water partition coefficient (Wildman–Crippen LogP) is 10.1. The summed E-state index contributed by atoms with van der Waals surface area (Å²) >= 11 is 0. The Kier molecular flexibility index (Phi) is 9.73. The van der Waals surface area contributed by atoms with Crippen molar-refractivity contribution in [1.29, 1.82) is 0 Å². The third-order valence-corrected chi connectivity index (χ3v) is 10.4. The van der Waals surface area contributed by atoms with E-state index in [4.69, 9.17) is 0 Å². The molecule has 0 saturated heterocycles. The Morgan fingerprint density at radius 3 is 1.46 bits per heavy atom. The van der Waals surface area contributed by atoms with E-state index in [1.54, 1.807) is 12.3 Å². The number of benzene rings is 5. The third-order valence-electron chi connectivity index (χ3n) is 10.4. The van der Waals surface area contributed by atoms with Gasteiger partial charge in [-0.25, -0.2) is 9.97 Å². The monoisotopic (exact) mass is 705 g/mol. The van der Waals surface area contributed by atoms with E-state index in [2.05, 4.69) is 139 Å². The molecular weight excluding hydrogens is 663 g/mol. The number of aromatic amines is 1. The van der Waals surface area contributed by atoms with Crippen molar-refractivity contribution in [3.05, 3.63) is 190 Å². The topological polar surface area (TPSA) is 68.5 Å². The van der Waals surface area contributed by atoms with Crippen LogP contribution in [0.2, 0.25) is 0 Å². The van der Waals surface area contributed by atoms with Crippen molar-refractivity contribution in [2.75, 3.05) is 0 Å². The average molecular weight is 706 g/mol. The summed E-state index contributed by atoms with van der Waals surface area (Å²) in [7, 11) is 4.06. The summed E-state index contributed by atoms with van der Waals surface area (Å²) in [6.07, 6.45) is 13.2. The standard InChI is InChI=1S/C48H43N5O/c1-33-32-51-45(31-46(33)54)39-22-20-38(21-23-39)43-6-4-5-7-44(43)42-29-36(10-8-34-12-16-40(17-13-34)47-49-24-26-52(47)2)28-37(30-42)11-9-35-14-18-41(19-15-35)48-50-25-27-53(48)3/h4-7,12-32H,8-11H2,1-3H3,(H,51,54). The van der Waals surface area contributed by atoms with E-state index in [1.165, 1.54) is 38.9 Å². The summed E-state index contributed by atoms with van der Waals surface area (Å²) in [5.74, 6) is 1.95. The van der Waals surface area contributed by atoms with Gasteiger partial charge in [-0.05, 0) is 82.7 Å². The highest BCUT2D eigenvalue weighted by Crippen LogP contribution is 2.35. The molecule has 3 aromatic heterocycles. The summed E-state index contributed by atoms with van der Waals surface area (Å²) in [6, 6.07) is 43.6. The Hall–Kier alpha value is -6.53. The van der Waals surface area contributed by atoms with Crippen LogP contribution in [0.4, 0.5) is 0 Å². The number of hydrogen-bond acceptors (Lipinski definition) is 3. The number of aryl methyl sites for hydroxylation is 7. The fourth-order valence-corrected chi connectivity index (χ4v) is 7.24. The van der Waals surface area contributed by atoms with E-state index < -0.39 is 0 Å². The molecule has 0 unspecified atom stereocenters. The van der Waals surface area contributed by atoms with Crippen LogP contribution in [0.3, 0.4) is 0 Å². The Morgan fingerprint density at radius 2 is 0.981 bits per heavy atom. The van der Waals surface area contributed by atoms with Gasteiger partial charge in [0.15, 0.2) is 5.43 Å². The molecule has 0 spiro atoms. The Morgan fingerprint density at radius 1 is 0.519 bits per heavy atom. The molecule has 0 radical (unpaired) electrons. The molecule has 0 aliphatic rings. The van der Waals surface area contributed by atoms with Gasteiger partial charge in [0.25, 0.3) is 0 Å². The second-order valence-corrected chi connectivity index (χ2v) is 14.2. The maximum Gasteiger partial charge on any atom is 0.185 e. The first kappa shape index (κ1) is 34.6. The van der Waals surface area contributed by atoms with Gasteiger partial charge in [0.2, 0.25) is 0 Å². The molecule has 0 aliphatic heterocycles. The number of aromatic nitrogens is 5. The molecule has 3 heterocycles. The first-order valence-corrected chi connectivity index (χ1v) is 18.5. The van der Waals surface area contributed by atoms with Crippen LogP contribution in [0, 0.1) is 6.92 Å². The molecule has 0 bridgehead atoms. The molecule has 54 heavy (non-hydrogen) atoms. The van der Waals surface area contributed by atoms with Gasteiger partial charge in [0.05, 0.1) is 0 Å². The Bertz CT molecular complexity index is 2480. The molecule has 8 rings (SSSR count). The third kappa shape index (κ3) is 7.50. The van der Waals surface area contributed by atoms with E-state index in [9.17, 15) is 4.79 Å². The zero-order chi connectivity index (χ0) is 37.0. The van der Waals surface area contributed by atoms with Gasteiger partial charge in [-0.2, -0.15) is 0 Å². The number of H-pyrrole nitrogens is 1. The maximum atomic E-state index is 12.3. The van der Waals surface area contributed by atoms with E-state index in [-0.39, 0.29) is 5.43 Å². The van der Waals surface area contributed by atoms with Crippen LogP contribution >= 0.6 is 0 Å². The van der Waals surface area contributed by atoms with Crippen molar-refractivity contribution in [1.82, 2.24) is 24.1 Å². The molecule has 0 amide bonds. The van der Waals surface area contributed by atoms with Gasteiger partial charge < -0.3 is 14.1 Å². The molecule has 5 aromatic carbocycles. The summed E-state index contributed by atoms with van der Waals surface area (Å²) in [6.45, 7) is 1.82. The molecule has 1 N–H and O–H groups in total. The second-order valence-electron chi connectivity index (χ2n) is 14.2. The SMILES string of the molecule is Cc1c[nH]c(-c2ccc(-c3ccccc3-c3cc(CCc4ccc(-c5nccn5C)cc4)cc(CCc4ccc(-c5nccn5C)cc4)c3)cc2)cc1=O. The molecule has 266 valence electrons. The Labute approximate surface area is 316 Å². The zero-order valence-corrected chi connectivity index (χ0v) is 31.0. The predicted molar refractivity (Wildman–Crippen MR) is 220 cm³/mol. The molecule has 6 nitrogen and oxygen atoms in total. The fraction of sp³-hybridized carbons (Fsp3) is 0.146. The smallest absolute Gasteiger partial charge is 0.185 e. The number of rotatable bonds is 11. The first-order chi connectivity index (χ1) is 26.4. The molecule has 0 fully saturated rings. The lowest BCUT2D eigenvalue weighted by Crippen LogP contribution is -2.04. The molecular formula is C48H43N5O. The summed E-state index contributed by atoms with van der Waals surface area (Å²) in [4.78, 5) is 24.6. The molecule has 8 aromatic rings. The molecule has 0 aliphatic carbocycles. The quantitative estimate of drug-likeness (QED) is 0.146. The van der Waals surface area contributed by atoms with Crippen LogP contribution in [0.15, 0.2) is 157 Å². The van der Waals surface area contributed by atoms with Gasteiger partial charge in [-0.1, -0.05) is 115 Å². The van der Waals surface area contributed by atoms with Gasteiger partial charge in [-0.3, -0.25) is 4.79 Å². The minimum atomic E-state index is 0.0386. The van der Waals surface area contributed by atoms with E-state index in [1.807, 2.05) is 45.8 Å². The van der Waals surface area contributed by atoms with Crippen molar-refractivity contribution in [2.45, 2.75) is 32.6 Å². The van der Waals surface area contributed by atoms with Gasteiger partial charge in [0, 0.05) is 73.5 Å². The summed E-state index contributed by atoms with van der Waals surface area (Å²) in [5, 5.41) is 0. The van der Waals surface area contributed by atoms with Crippen LogP contribution in [-0.2, 0) is 39.8 Å². The van der Waals surface area contributed by atoms with Crippen LogP contribution in [-0.4, -0.2) is 24.1 Å². The number of imidazole rings is 2. The van der Waals surface area contributed by atoms with E-state index in [0.717, 1.165) is 65.3 Å². The lowest BCUT2D eigenvalue weighted by atomic mass is 9.90. The van der Waals surface area contributed by atoms with Gasteiger partial charge >= 0.3 is 0 Å². The largest absolute Gasteiger partial charge is 0.361 e. The van der Waals surface area contributed by atoms with Crippen LogP contribution < -0.4 is 5.43 Å². The van der Waals surface area contributed by atoms with Crippen molar-refractivity contribution in [2.24, 2.45) is 14.1 Å². The minimum absolute atomic E-state index is 0.0386.